The molecule has 2 aromatic rings. The van der Waals surface area contributed by atoms with Gasteiger partial charge in [-0.25, -0.2) is 4.39 Å². The van der Waals surface area contributed by atoms with Crippen LogP contribution in [0.1, 0.15) is 5.56 Å². The lowest BCUT2D eigenvalue weighted by Gasteiger charge is -2.18. The van der Waals surface area contributed by atoms with Crippen LogP contribution < -0.4 is 9.47 Å². The van der Waals surface area contributed by atoms with Crippen molar-refractivity contribution >= 4 is 5.91 Å². The highest BCUT2D eigenvalue weighted by Gasteiger charge is 2.12. The molecule has 0 aliphatic rings. The minimum atomic E-state index is -0.294. The van der Waals surface area contributed by atoms with Gasteiger partial charge < -0.3 is 14.4 Å². The summed E-state index contributed by atoms with van der Waals surface area (Å²) in [7, 11) is 3.22. The Morgan fingerprint density at radius 1 is 1.09 bits per heavy atom. The SMILES string of the molecule is COc1ccccc1OCC(=O)N(C)Cc1ccc(F)cc1. The van der Waals surface area contributed by atoms with E-state index < -0.39 is 0 Å². The molecule has 2 aromatic carbocycles. The second kappa shape index (κ2) is 7.45. The highest BCUT2D eigenvalue weighted by atomic mass is 19.1. The van der Waals surface area contributed by atoms with Crippen molar-refractivity contribution < 1.29 is 18.7 Å². The highest BCUT2D eigenvalue weighted by Crippen LogP contribution is 2.25. The summed E-state index contributed by atoms with van der Waals surface area (Å²) in [5.41, 5.74) is 0.856. The average Bonchev–Trinajstić information content (AvgIpc) is 2.54. The van der Waals surface area contributed by atoms with Gasteiger partial charge in [0.15, 0.2) is 18.1 Å². The fourth-order valence-corrected chi connectivity index (χ4v) is 1.94. The van der Waals surface area contributed by atoms with E-state index in [9.17, 15) is 9.18 Å². The zero-order valence-electron chi connectivity index (χ0n) is 12.6. The van der Waals surface area contributed by atoms with E-state index in [4.69, 9.17) is 9.47 Å². The summed E-state index contributed by atoms with van der Waals surface area (Å²) in [6.45, 7) is 0.312. The fraction of sp³-hybridized carbons (Fsp3) is 0.235. The minimum Gasteiger partial charge on any atom is -0.493 e. The predicted molar refractivity (Wildman–Crippen MR) is 81.4 cm³/mol. The first-order valence-electron chi connectivity index (χ1n) is 6.84. The van der Waals surface area contributed by atoms with E-state index in [0.717, 1.165) is 5.56 Å². The van der Waals surface area contributed by atoms with E-state index in [-0.39, 0.29) is 18.3 Å². The first-order chi connectivity index (χ1) is 10.6. The Bertz CT molecular complexity index is 628. The van der Waals surface area contributed by atoms with E-state index in [2.05, 4.69) is 0 Å². The Morgan fingerprint density at radius 2 is 1.73 bits per heavy atom. The van der Waals surface area contributed by atoms with Crippen molar-refractivity contribution in [3.05, 3.63) is 59.9 Å². The average molecular weight is 303 g/mol. The number of carbonyl (C=O) groups is 1. The zero-order chi connectivity index (χ0) is 15.9. The van der Waals surface area contributed by atoms with Gasteiger partial charge in [0.1, 0.15) is 5.82 Å². The lowest BCUT2D eigenvalue weighted by Crippen LogP contribution is -2.31. The minimum absolute atomic E-state index is 0.0852. The number of nitrogens with zero attached hydrogens (tertiary/aromatic N) is 1. The Kier molecular flexibility index (Phi) is 5.36. The molecule has 0 fully saturated rings. The third-order valence-electron chi connectivity index (χ3n) is 3.18. The summed E-state index contributed by atoms with van der Waals surface area (Å²) in [6, 6.07) is 13.2. The molecular weight excluding hydrogens is 285 g/mol. The molecule has 116 valence electrons. The topological polar surface area (TPSA) is 38.8 Å². The van der Waals surface area contributed by atoms with Crippen LogP contribution >= 0.6 is 0 Å². The van der Waals surface area contributed by atoms with Crippen LogP contribution in [0.5, 0.6) is 11.5 Å². The van der Waals surface area contributed by atoms with Gasteiger partial charge in [-0.1, -0.05) is 24.3 Å². The molecule has 0 N–H and O–H groups in total. The number of hydrogen-bond donors (Lipinski definition) is 0. The standard InChI is InChI=1S/C17H18FNO3/c1-19(11-13-7-9-14(18)10-8-13)17(20)12-22-16-6-4-3-5-15(16)21-2/h3-10H,11-12H2,1-2H3. The third kappa shape index (κ3) is 4.22. The van der Waals surface area contributed by atoms with Gasteiger partial charge >= 0.3 is 0 Å². The van der Waals surface area contributed by atoms with Crippen LogP contribution in [0, 0.1) is 5.82 Å². The molecule has 0 aliphatic carbocycles. The van der Waals surface area contributed by atoms with E-state index in [0.29, 0.717) is 18.0 Å². The van der Waals surface area contributed by atoms with Crippen molar-refractivity contribution in [1.82, 2.24) is 4.90 Å². The Labute approximate surface area is 129 Å². The summed E-state index contributed by atoms with van der Waals surface area (Å²) in [4.78, 5) is 13.6. The Morgan fingerprint density at radius 3 is 2.36 bits per heavy atom. The number of ether oxygens (including phenoxy) is 2. The summed E-state index contributed by atoms with van der Waals surface area (Å²) in [5, 5.41) is 0. The van der Waals surface area contributed by atoms with Gasteiger partial charge in [0.05, 0.1) is 7.11 Å². The van der Waals surface area contributed by atoms with Gasteiger partial charge in [-0.15, -0.1) is 0 Å². The van der Waals surface area contributed by atoms with Crippen molar-refractivity contribution in [1.29, 1.82) is 0 Å². The molecule has 0 radical (unpaired) electrons. The van der Waals surface area contributed by atoms with Crippen molar-refractivity contribution in [2.24, 2.45) is 0 Å². The monoisotopic (exact) mass is 303 g/mol. The van der Waals surface area contributed by atoms with Crippen LogP contribution in [-0.2, 0) is 11.3 Å². The first kappa shape index (κ1) is 15.8. The van der Waals surface area contributed by atoms with E-state index in [1.165, 1.54) is 17.0 Å². The molecule has 2 rings (SSSR count). The van der Waals surface area contributed by atoms with Crippen molar-refractivity contribution in [2.45, 2.75) is 6.54 Å². The number of carbonyl (C=O) groups excluding carboxylic acids is 1. The smallest absolute Gasteiger partial charge is 0.260 e. The number of amides is 1. The van der Waals surface area contributed by atoms with Crippen molar-refractivity contribution in [2.75, 3.05) is 20.8 Å². The van der Waals surface area contributed by atoms with Gasteiger partial charge in [0, 0.05) is 13.6 Å². The maximum atomic E-state index is 12.9. The van der Waals surface area contributed by atoms with Gasteiger partial charge in [0.2, 0.25) is 0 Å². The zero-order valence-corrected chi connectivity index (χ0v) is 12.6. The van der Waals surface area contributed by atoms with Crippen molar-refractivity contribution in [3.8, 4) is 11.5 Å². The predicted octanol–water partition coefficient (Wildman–Crippen LogP) is 2.87. The van der Waals surface area contributed by atoms with Gasteiger partial charge in [0.25, 0.3) is 5.91 Å². The number of likely N-dealkylation sites (N-methyl/N-ethyl adjacent to an activating group) is 1. The molecular formula is C17H18FNO3. The molecule has 0 unspecified atom stereocenters. The second-order valence-corrected chi connectivity index (χ2v) is 4.82. The normalized spacial score (nSPS) is 10.1. The van der Waals surface area contributed by atoms with Crippen molar-refractivity contribution in [3.63, 3.8) is 0 Å². The maximum absolute atomic E-state index is 12.9. The van der Waals surface area contributed by atoms with Crippen LogP contribution in [0.2, 0.25) is 0 Å². The van der Waals surface area contributed by atoms with E-state index in [1.54, 1.807) is 38.4 Å². The number of benzene rings is 2. The maximum Gasteiger partial charge on any atom is 0.260 e. The number of methoxy groups -OCH3 is 1. The fourth-order valence-electron chi connectivity index (χ4n) is 1.94. The van der Waals surface area contributed by atoms with Crippen LogP contribution in [0.25, 0.3) is 0 Å². The second-order valence-electron chi connectivity index (χ2n) is 4.82. The Balaban J connectivity index is 1.90. The Hall–Kier alpha value is -2.56. The summed E-state index contributed by atoms with van der Waals surface area (Å²) >= 11 is 0. The number of hydrogen-bond acceptors (Lipinski definition) is 3. The van der Waals surface area contributed by atoms with E-state index >= 15 is 0 Å². The third-order valence-corrected chi connectivity index (χ3v) is 3.18. The molecule has 0 heterocycles. The molecule has 0 saturated heterocycles. The molecule has 5 heteroatoms. The first-order valence-corrected chi connectivity index (χ1v) is 6.84. The molecule has 0 aromatic heterocycles. The summed E-state index contributed by atoms with van der Waals surface area (Å²) in [6.07, 6.45) is 0. The molecule has 4 nitrogen and oxygen atoms in total. The lowest BCUT2D eigenvalue weighted by atomic mass is 10.2. The van der Waals surface area contributed by atoms with Crippen LogP contribution in [0.15, 0.2) is 48.5 Å². The van der Waals surface area contributed by atoms with E-state index in [1.807, 2.05) is 12.1 Å². The quantitative estimate of drug-likeness (QED) is 0.823. The molecule has 0 saturated carbocycles. The van der Waals surface area contributed by atoms with Crippen LogP contribution in [0.4, 0.5) is 4.39 Å². The molecule has 0 atom stereocenters. The lowest BCUT2D eigenvalue weighted by molar-refractivity contribution is -0.132. The molecule has 0 aliphatic heterocycles. The van der Waals surface area contributed by atoms with Crippen LogP contribution in [0.3, 0.4) is 0 Å². The summed E-state index contributed by atoms with van der Waals surface area (Å²) in [5.74, 6) is 0.637. The molecule has 1 amide bonds. The number of para-hydroxylation sites is 2. The molecule has 0 bridgehead atoms. The number of rotatable bonds is 6. The highest BCUT2D eigenvalue weighted by molar-refractivity contribution is 5.77. The van der Waals surface area contributed by atoms with Gasteiger partial charge in [-0.05, 0) is 29.8 Å². The largest absolute Gasteiger partial charge is 0.493 e. The molecule has 22 heavy (non-hydrogen) atoms. The number of halogens is 1. The summed E-state index contributed by atoms with van der Waals surface area (Å²) < 4.78 is 23.5. The van der Waals surface area contributed by atoms with Crippen LogP contribution in [-0.4, -0.2) is 31.6 Å². The van der Waals surface area contributed by atoms with Gasteiger partial charge in [-0.3, -0.25) is 4.79 Å². The molecule has 0 spiro atoms. The van der Waals surface area contributed by atoms with Gasteiger partial charge in [-0.2, -0.15) is 0 Å².